The fourth-order valence-electron chi connectivity index (χ4n) is 0. The molecule has 0 aliphatic carbocycles. The molecule has 0 bridgehead atoms. The van der Waals surface area contributed by atoms with Crippen molar-refractivity contribution in [1.82, 2.24) is 0 Å². The Labute approximate surface area is 74.5 Å². The first-order valence-corrected chi connectivity index (χ1v) is 0. The normalized spacial score (nSPS) is 0. The molecule has 0 heterocycles. The summed E-state index contributed by atoms with van der Waals surface area (Å²) >= 11 is 0. The van der Waals surface area contributed by atoms with E-state index in [1.165, 1.54) is 0 Å². The molecule has 0 aromatic carbocycles. The zero-order valence-corrected chi connectivity index (χ0v) is 12.2. The van der Waals surface area contributed by atoms with Crippen LogP contribution in [0.1, 0.15) is 0 Å². The second kappa shape index (κ2) is 72.9. The minimum atomic E-state index is 0. The van der Waals surface area contributed by atoms with E-state index in [0.717, 1.165) is 0 Å². The predicted molar refractivity (Wildman–Crippen MR) is 2.06 cm³/mol. The van der Waals surface area contributed by atoms with Crippen LogP contribution in [0.15, 0.2) is 0 Å². The Kier molecular flexibility index (Phi) is 1400. The first kappa shape index (κ1) is 115. The minimum Gasteiger partial charge on any atom is -2.00 e. The van der Waals surface area contributed by atoms with E-state index in [2.05, 4.69) is 0 Å². The van der Waals surface area contributed by atoms with Crippen LogP contribution in [0.3, 0.4) is 0 Å². The van der Waals surface area contributed by atoms with Crippen molar-refractivity contribution in [3.63, 3.8) is 0 Å². The van der Waals surface area contributed by atoms with E-state index < -0.39 is 0 Å². The van der Waals surface area contributed by atoms with E-state index in [0.29, 0.717) is 0 Å². The maximum Gasteiger partial charge on any atom is 2.00 e. The van der Waals surface area contributed by atoms with Crippen molar-refractivity contribution in [2.45, 2.75) is 0 Å². The molecular formula is O3Zn3. The number of hydrogen-bond acceptors (Lipinski definition) is 0. The Morgan fingerprint density at radius 2 is 0.333 bits per heavy atom. The summed E-state index contributed by atoms with van der Waals surface area (Å²) in [5.74, 6) is 0. The van der Waals surface area contributed by atoms with Crippen LogP contribution in [-0.4, -0.2) is 0 Å². The SMILES string of the molecule is [O-2].[O-2].[O-2].[Zn+2].[Zn+2].[Zn+2]. The van der Waals surface area contributed by atoms with E-state index in [-0.39, 0.29) is 74.9 Å². The fraction of sp³-hybridized carbons (Fsp3) is 0. The van der Waals surface area contributed by atoms with Gasteiger partial charge in [0.15, 0.2) is 0 Å². The molecule has 0 atom stereocenters. The first-order chi connectivity index (χ1) is 0. The third-order valence-electron chi connectivity index (χ3n) is 0. The van der Waals surface area contributed by atoms with Crippen molar-refractivity contribution in [3.05, 3.63) is 0 Å². The van der Waals surface area contributed by atoms with Crippen LogP contribution in [0, 0.1) is 0 Å². The molecule has 24 valence electrons. The van der Waals surface area contributed by atoms with Crippen molar-refractivity contribution in [2.24, 2.45) is 0 Å². The van der Waals surface area contributed by atoms with Gasteiger partial charge in [-0.3, -0.25) is 0 Å². The van der Waals surface area contributed by atoms with Gasteiger partial charge in [0.2, 0.25) is 0 Å². The van der Waals surface area contributed by atoms with Gasteiger partial charge in [-0.15, -0.1) is 0 Å². The quantitative estimate of drug-likeness (QED) is 0.521. The van der Waals surface area contributed by atoms with Gasteiger partial charge in [-0.1, -0.05) is 0 Å². The average molecular weight is 244 g/mol. The summed E-state index contributed by atoms with van der Waals surface area (Å²) in [7, 11) is 0. The standard InChI is InChI=1S/3O.3Zn/q3*-2;3*+2. The summed E-state index contributed by atoms with van der Waals surface area (Å²) in [4.78, 5) is 0. The smallest absolute Gasteiger partial charge is 2.00 e. The molecule has 0 aromatic rings. The van der Waals surface area contributed by atoms with Crippen LogP contribution in [0.25, 0.3) is 0 Å². The van der Waals surface area contributed by atoms with Crippen molar-refractivity contribution in [3.8, 4) is 0 Å². The summed E-state index contributed by atoms with van der Waals surface area (Å²) in [6.07, 6.45) is 0. The topological polar surface area (TPSA) is 85.5 Å². The molecule has 0 saturated heterocycles. The Morgan fingerprint density at radius 3 is 0.333 bits per heavy atom. The van der Waals surface area contributed by atoms with Crippen LogP contribution in [-0.2, 0) is 74.9 Å². The Balaban J connectivity index is 0. The zero-order valence-electron chi connectivity index (χ0n) is 3.35. The van der Waals surface area contributed by atoms with Gasteiger partial charge in [0.1, 0.15) is 0 Å². The molecule has 0 aromatic heterocycles. The van der Waals surface area contributed by atoms with E-state index >= 15 is 0 Å². The largest absolute Gasteiger partial charge is 2.00 e. The molecule has 0 rings (SSSR count). The van der Waals surface area contributed by atoms with Crippen LogP contribution in [0.5, 0.6) is 0 Å². The second-order valence-corrected chi connectivity index (χ2v) is 0. The van der Waals surface area contributed by atoms with Crippen LogP contribution in [0.4, 0.5) is 0 Å². The summed E-state index contributed by atoms with van der Waals surface area (Å²) in [5, 5.41) is 0. The monoisotopic (exact) mass is 240 g/mol. The molecule has 0 unspecified atom stereocenters. The van der Waals surface area contributed by atoms with Gasteiger partial charge in [-0.05, 0) is 0 Å². The Hall–Kier alpha value is 1.75. The van der Waals surface area contributed by atoms with E-state index in [4.69, 9.17) is 0 Å². The van der Waals surface area contributed by atoms with Gasteiger partial charge in [0.05, 0.1) is 0 Å². The van der Waals surface area contributed by atoms with Gasteiger partial charge in [0, 0.05) is 0 Å². The molecule has 6 heteroatoms. The zero-order chi connectivity index (χ0) is 0. The summed E-state index contributed by atoms with van der Waals surface area (Å²) in [6.45, 7) is 0. The van der Waals surface area contributed by atoms with Crippen molar-refractivity contribution < 1.29 is 74.9 Å². The fourth-order valence-corrected chi connectivity index (χ4v) is 0. The summed E-state index contributed by atoms with van der Waals surface area (Å²) in [5.41, 5.74) is 0. The molecule has 0 N–H and O–H groups in total. The summed E-state index contributed by atoms with van der Waals surface area (Å²) < 4.78 is 0. The van der Waals surface area contributed by atoms with Crippen LogP contribution < -0.4 is 0 Å². The minimum absolute atomic E-state index is 0. The first-order valence-electron chi connectivity index (χ1n) is 0. The second-order valence-electron chi connectivity index (χ2n) is 0. The van der Waals surface area contributed by atoms with Crippen LogP contribution >= 0.6 is 0 Å². The maximum absolute atomic E-state index is 0. The predicted octanol–water partition coefficient (Wildman–Crippen LogP) is -0.364. The van der Waals surface area contributed by atoms with Crippen molar-refractivity contribution >= 4 is 0 Å². The molecule has 0 saturated carbocycles. The Morgan fingerprint density at radius 1 is 0.333 bits per heavy atom. The molecule has 0 aliphatic heterocycles. The Bertz CT molecular complexity index is 6.00. The van der Waals surface area contributed by atoms with E-state index in [1.807, 2.05) is 0 Å². The molecule has 0 radical (unpaired) electrons. The average Bonchev–Trinajstić information content (AvgIpc) is 0. The molecule has 0 spiro atoms. The van der Waals surface area contributed by atoms with Gasteiger partial charge in [-0.25, -0.2) is 0 Å². The number of hydrogen-bond donors (Lipinski definition) is 0. The maximum atomic E-state index is 0. The molecule has 0 amide bonds. The van der Waals surface area contributed by atoms with Gasteiger partial charge >= 0.3 is 58.4 Å². The summed E-state index contributed by atoms with van der Waals surface area (Å²) in [6, 6.07) is 0. The van der Waals surface area contributed by atoms with E-state index in [1.54, 1.807) is 0 Å². The molecule has 0 aliphatic rings. The molecule has 3 nitrogen and oxygen atoms in total. The van der Waals surface area contributed by atoms with Gasteiger partial charge in [0.25, 0.3) is 0 Å². The third kappa shape index (κ3) is 42.4. The molecule has 0 fully saturated rings. The van der Waals surface area contributed by atoms with E-state index in [9.17, 15) is 0 Å². The van der Waals surface area contributed by atoms with Crippen molar-refractivity contribution in [2.75, 3.05) is 0 Å². The van der Waals surface area contributed by atoms with Gasteiger partial charge < -0.3 is 16.4 Å². The number of rotatable bonds is 0. The van der Waals surface area contributed by atoms with Crippen molar-refractivity contribution in [1.29, 1.82) is 0 Å². The third-order valence-corrected chi connectivity index (χ3v) is 0. The molecular weight excluding hydrogens is 244 g/mol. The van der Waals surface area contributed by atoms with Gasteiger partial charge in [-0.2, -0.15) is 0 Å². The molecule has 6 heavy (non-hydrogen) atoms. The van der Waals surface area contributed by atoms with Crippen LogP contribution in [0.2, 0.25) is 0 Å².